The number of fused-ring (bicyclic) bond motifs is 1. The maximum absolute atomic E-state index is 4.66. The van der Waals surface area contributed by atoms with Crippen LogP contribution in [0.4, 0.5) is 11.5 Å². The van der Waals surface area contributed by atoms with Gasteiger partial charge in [0.2, 0.25) is 0 Å². The summed E-state index contributed by atoms with van der Waals surface area (Å²) < 4.78 is 0. The second-order valence-corrected chi connectivity index (χ2v) is 5.44. The van der Waals surface area contributed by atoms with Crippen LogP contribution in [-0.2, 0) is 13.0 Å². The molecular formula is C17H21N3. The summed E-state index contributed by atoms with van der Waals surface area (Å²) in [5.41, 5.74) is 3.95. The fourth-order valence-corrected chi connectivity index (χ4v) is 2.91. The van der Waals surface area contributed by atoms with Gasteiger partial charge in [0.25, 0.3) is 0 Å². The van der Waals surface area contributed by atoms with E-state index in [4.69, 9.17) is 0 Å². The highest BCUT2D eigenvalue weighted by Crippen LogP contribution is 2.35. The number of para-hydroxylation sites is 1. The van der Waals surface area contributed by atoms with Crippen molar-refractivity contribution in [2.45, 2.75) is 32.4 Å². The first-order valence-electron chi connectivity index (χ1n) is 7.26. The van der Waals surface area contributed by atoms with Crippen molar-refractivity contribution in [3.05, 3.63) is 53.7 Å². The average Bonchev–Trinajstić information content (AvgIpc) is 2.49. The monoisotopic (exact) mass is 267 g/mol. The number of hydrogen-bond donors (Lipinski definition) is 1. The zero-order valence-electron chi connectivity index (χ0n) is 12.1. The summed E-state index contributed by atoms with van der Waals surface area (Å²) in [6, 6.07) is 13.4. The van der Waals surface area contributed by atoms with Crippen molar-refractivity contribution in [3.8, 4) is 0 Å². The molecule has 3 nitrogen and oxygen atoms in total. The highest BCUT2D eigenvalue weighted by molar-refractivity contribution is 5.66. The molecule has 2 aromatic rings. The molecule has 0 spiro atoms. The van der Waals surface area contributed by atoms with Gasteiger partial charge in [-0.1, -0.05) is 24.3 Å². The molecule has 0 fully saturated rings. The molecule has 20 heavy (non-hydrogen) atoms. The third kappa shape index (κ3) is 2.41. The molecule has 1 aliphatic heterocycles. The van der Waals surface area contributed by atoms with Gasteiger partial charge in [-0.25, -0.2) is 4.98 Å². The minimum atomic E-state index is 0.493. The van der Waals surface area contributed by atoms with Crippen molar-refractivity contribution in [3.63, 3.8) is 0 Å². The highest BCUT2D eigenvalue weighted by Gasteiger charge is 2.24. The Morgan fingerprint density at radius 1 is 1.25 bits per heavy atom. The van der Waals surface area contributed by atoms with Crippen LogP contribution in [0.1, 0.15) is 24.5 Å². The van der Waals surface area contributed by atoms with Gasteiger partial charge in [0, 0.05) is 24.5 Å². The van der Waals surface area contributed by atoms with Crippen molar-refractivity contribution >= 4 is 11.5 Å². The number of benzene rings is 1. The molecule has 1 atom stereocenters. The van der Waals surface area contributed by atoms with Gasteiger partial charge in [-0.3, -0.25) is 0 Å². The standard InChI is InChI=1S/C17H21N3/c1-13-7-9-15-5-3-4-6-16(15)20(13)17-10-8-14(11-18-2)12-19-17/h3-6,8,10,12-13,18H,7,9,11H2,1-2H3. The van der Waals surface area contributed by atoms with E-state index in [0.717, 1.165) is 18.8 Å². The van der Waals surface area contributed by atoms with Gasteiger partial charge in [0.15, 0.2) is 0 Å². The SMILES string of the molecule is CNCc1ccc(N2c3ccccc3CCC2C)nc1. The van der Waals surface area contributed by atoms with Crippen LogP contribution in [0.3, 0.4) is 0 Å². The number of nitrogens with one attached hydrogen (secondary N) is 1. The molecule has 1 N–H and O–H groups in total. The van der Waals surface area contributed by atoms with Gasteiger partial charge in [-0.05, 0) is 50.1 Å². The lowest BCUT2D eigenvalue weighted by Gasteiger charge is -2.36. The smallest absolute Gasteiger partial charge is 0.133 e. The van der Waals surface area contributed by atoms with E-state index in [1.807, 2.05) is 13.2 Å². The van der Waals surface area contributed by atoms with E-state index in [-0.39, 0.29) is 0 Å². The Hall–Kier alpha value is -1.87. The third-order valence-corrected chi connectivity index (χ3v) is 3.96. The Morgan fingerprint density at radius 3 is 2.85 bits per heavy atom. The summed E-state index contributed by atoms with van der Waals surface area (Å²) in [4.78, 5) is 7.02. The Bertz CT molecular complexity index is 577. The summed E-state index contributed by atoms with van der Waals surface area (Å²) in [5.74, 6) is 1.05. The largest absolute Gasteiger partial charge is 0.323 e. The summed E-state index contributed by atoms with van der Waals surface area (Å²) in [7, 11) is 1.96. The number of nitrogens with zero attached hydrogens (tertiary/aromatic N) is 2. The lowest BCUT2D eigenvalue weighted by atomic mass is 9.96. The number of anilines is 2. The third-order valence-electron chi connectivity index (χ3n) is 3.96. The molecular weight excluding hydrogens is 246 g/mol. The van der Waals surface area contributed by atoms with E-state index < -0.39 is 0 Å². The van der Waals surface area contributed by atoms with Crippen LogP contribution in [0.15, 0.2) is 42.6 Å². The lowest BCUT2D eigenvalue weighted by Crippen LogP contribution is -2.33. The van der Waals surface area contributed by atoms with Crippen LogP contribution in [0, 0.1) is 0 Å². The Balaban J connectivity index is 1.96. The summed E-state index contributed by atoms with van der Waals surface area (Å²) in [5, 5.41) is 3.15. The molecule has 1 unspecified atom stereocenters. The van der Waals surface area contributed by atoms with Crippen molar-refractivity contribution < 1.29 is 0 Å². The topological polar surface area (TPSA) is 28.2 Å². The van der Waals surface area contributed by atoms with E-state index >= 15 is 0 Å². The molecule has 0 saturated heterocycles. The van der Waals surface area contributed by atoms with Gasteiger partial charge < -0.3 is 10.2 Å². The molecule has 0 aliphatic carbocycles. The minimum Gasteiger partial charge on any atom is -0.323 e. The van der Waals surface area contributed by atoms with Crippen LogP contribution >= 0.6 is 0 Å². The van der Waals surface area contributed by atoms with Gasteiger partial charge >= 0.3 is 0 Å². The quantitative estimate of drug-likeness (QED) is 0.925. The van der Waals surface area contributed by atoms with E-state index in [1.54, 1.807) is 0 Å². The van der Waals surface area contributed by atoms with Crippen LogP contribution in [0.25, 0.3) is 0 Å². The highest BCUT2D eigenvalue weighted by atomic mass is 15.2. The number of aromatic nitrogens is 1. The van der Waals surface area contributed by atoms with E-state index in [0.29, 0.717) is 6.04 Å². The zero-order valence-corrected chi connectivity index (χ0v) is 12.1. The number of aryl methyl sites for hydroxylation is 1. The fraction of sp³-hybridized carbons (Fsp3) is 0.353. The van der Waals surface area contributed by atoms with Crippen LogP contribution in [-0.4, -0.2) is 18.1 Å². The molecule has 0 radical (unpaired) electrons. The Kier molecular flexibility index (Phi) is 3.70. The van der Waals surface area contributed by atoms with E-state index in [2.05, 4.69) is 58.5 Å². The average molecular weight is 267 g/mol. The Labute approximate surface area is 120 Å². The second kappa shape index (κ2) is 5.63. The Morgan fingerprint density at radius 2 is 2.10 bits per heavy atom. The number of pyridine rings is 1. The molecule has 3 rings (SSSR count). The molecule has 2 heterocycles. The van der Waals surface area contributed by atoms with Crippen LogP contribution < -0.4 is 10.2 Å². The first kappa shape index (κ1) is 13.1. The van der Waals surface area contributed by atoms with E-state index in [9.17, 15) is 0 Å². The van der Waals surface area contributed by atoms with E-state index in [1.165, 1.54) is 23.2 Å². The molecule has 1 aromatic heterocycles. The summed E-state index contributed by atoms with van der Waals surface area (Å²) in [6.07, 6.45) is 4.30. The molecule has 1 aliphatic rings. The fourth-order valence-electron chi connectivity index (χ4n) is 2.91. The maximum atomic E-state index is 4.66. The van der Waals surface area contributed by atoms with Crippen molar-refractivity contribution in [1.82, 2.24) is 10.3 Å². The van der Waals surface area contributed by atoms with Crippen molar-refractivity contribution in [2.75, 3.05) is 11.9 Å². The predicted octanol–water partition coefficient (Wildman–Crippen LogP) is 3.27. The first-order chi connectivity index (χ1) is 9.79. The molecule has 0 bridgehead atoms. The predicted molar refractivity (Wildman–Crippen MR) is 83.4 cm³/mol. The normalized spacial score (nSPS) is 17.9. The minimum absolute atomic E-state index is 0.493. The van der Waals surface area contributed by atoms with Gasteiger partial charge in [0.05, 0.1) is 0 Å². The molecule has 0 amide bonds. The second-order valence-electron chi connectivity index (χ2n) is 5.44. The molecule has 0 saturated carbocycles. The van der Waals surface area contributed by atoms with Crippen molar-refractivity contribution in [2.24, 2.45) is 0 Å². The lowest BCUT2D eigenvalue weighted by molar-refractivity contribution is 0.613. The summed E-state index contributed by atoms with van der Waals surface area (Å²) in [6.45, 7) is 3.14. The number of rotatable bonds is 3. The van der Waals surface area contributed by atoms with Gasteiger partial charge in [-0.15, -0.1) is 0 Å². The molecule has 3 heteroatoms. The maximum Gasteiger partial charge on any atom is 0.133 e. The van der Waals surface area contributed by atoms with Crippen LogP contribution in [0.2, 0.25) is 0 Å². The van der Waals surface area contributed by atoms with Crippen LogP contribution in [0.5, 0.6) is 0 Å². The van der Waals surface area contributed by atoms with Gasteiger partial charge in [-0.2, -0.15) is 0 Å². The summed E-state index contributed by atoms with van der Waals surface area (Å²) >= 11 is 0. The van der Waals surface area contributed by atoms with Gasteiger partial charge in [0.1, 0.15) is 5.82 Å². The molecule has 1 aromatic carbocycles. The number of hydrogen-bond acceptors (Lipinski definition) is 3. The zero-order chi connectivity index (χ0) is 13.9. The van der Waals surface area contributed by atoms with Crippen molar-refractivity contribution in [1.29, 1.82) is 0 Å². The first-order valence-corrected chi connectivity index (χ1v) is 7.26. The molecule has 104 valence electrons.